The van der Waals surface area contributed by atoms with Gasteiger partial charge in [0.25, 0.3) is 0 Å². The van der Waals surface area contributed by atoms with E-state index in [0.29, 0.717) is 0 Å². The fraction of sp³-hybridized carbons (Fsp3) is 1.00. The number of rotatable bonds is 5. The van der Waals surface area contributed by atoms with E-state index in [0.717, 1.165) is 12.0 Å². The summed E-state index contributed by atoms with van der Waals surface area (Å²) in [5.74, 6) is 0.954. The monoisotopic (exact) mass is 183 g/mol. The van der Waals surface area contributed by atoms with Crippen LogP contribution in [0.2, 0.25) is 0 Å². The molecule has 1 saturated heterocycles. The summed E-state index contributed by atoms with van der Waals surface area (Å²) in [6.45, 7) is 5.88. The van der Waals surface area contributed by atoms with Gasteiger partial charge in [0.2, 0.25) is 0 Å². The molecule has 1 aliphatic rings. The van der Waals surface area contributed by atoms with Crippen molar-refractivity contribution < 1.29 is 0 Å². The zero-order valence-corrected chi connectivity index (χ0v) is 9.31. The molecule has 0 radical (unpaired) electrons. The van der Waals surface area contributed by atoms with E-state index in [2.05, 4.69) is 19.2 Å². The van der Waals surface area contributed by atoms with E-state index in [1.165, 1.54) is 51.5 Å². The lowest BCUT2D eigenvalue weighted by Crippen LogP contribution is -2.39. The van der Waals surface area contributed by atoms with Crippen LogP contribution in [0.4, 0.5) is 0 Å². The molecule has 13 heavy (non-hydrogen) atoms. The van der Waals surface area contributed by atoms with Gasteiger partial charge in [-0.2, -0.15) is 0 Å². The van der Waals surface area contributed by atoms with Gasteiger partial charge in [0.05, 0.1) is 0 Å². The normalized spacial score (nSPS) is 23.8. The molecule has 78 valence electrons. The lowest BCUT2D eigenvalue weighted by atomic mass is 9.86. The van der Waals surface area contributed by atoms with Crippen molar-refractivity contribution in [3.05, 3.63) is 0 Å². The van der Waals surface area contributed by atoms with Crippen molar-refractivity contribution in [3.8, 4) is 0 Å². The third-order valence-electron chi connectivity index (χ3n) is 3.24. The summed E-state index contributed by atoms with van der Waals surface area (Å²) in [7, 11) is 0. The molecule has 0 aliphatic carbocycles. The Morgan fingerprint density at radius 3 is 2.31 bits per heavy atom. The maximum absolute atomic E-state index is 3.69. The third-order valence-corrected chi connectivity index (χ3v) is 3.24. The number of hydrogen-bond donors (Lipinski definition) is 1. The van der Waals surface area contributed by atoms with Crippen molar-refractivity contribution in [2.45, 2.75) is 64.8 Å². The minimum Gasteiger partial charge on any atom is -0.314 e. The van der Waals surface area contributed by atoms with E-state index >= 15 is 0 Å². The summed E-state index contributed by atoms with van der Waals surface area (Å²) in [6, 6.07) is 0.841. The van der Waals surface area contributed by atoms with Gasteiger partial charge in [-0.3, -0.25) is 0 Å². The molecule has 0 bridgehead atoms. The Hall–Kier alpha value is -0.0400. The van der Waals surface area contributed by atoms with Crippen LogP contribution in [0.5, 0.6) is 0 Å². The standard InChI is InChI=1S/C12H25N/c1-3-7-11(8-4-2)12-9-5-6-10-13-12/h11-13H,3-10H2,1-2H3. The fourth-order valence-electron chi connectivity index (χ4n) is 2.57. The number of piperidine rings is 1. The van der Waals surface area contributed by atoms with Gasteiger partial charge in [-0.25, -0.2) is 0 Å². The smallest absolute Gasteiger partial charge is 0.00953 e. The predicted molar refractivity (Wildman–Crippen MR) is 58.9 cm³/mol. The van der Waals surface area contributed by atoms with E-state index in [4.69, 9.17) is 0 Å². The largest absolute Gasteiger partial charge is 0.314 e. The molecule has 1 N–H and O–H groups in total. The second kappa shape index (κ2) is 6.42. The fourth-order valence-corrected chi connectivity index (χ4v) is 2.57. The number of hydrogen-bond acceptors (Lipinski definition) is 1. The van der Waals surface area contributed by atoms with Gasteiger partial charge in [0.15, 0.2) is 0 Å². The summed E-state index contributed by atoms with van der Waals surface area (Å²) in [5, 5.41) is 3.69. The maximum Gasteiger partial charge on any atom is 0.00953 e. The van der Waals surface area contributed by atoms with Crippen LogP contribution in [0.3, 0.4) is 0 Å². The minimum absolute atomic E-state index is 0.841. The van der Waals surface area contributed by atoms with Gasteiger partial charge in [0.1, 0.15) is 0 Å². The molecule has 1 unspecified atom stereocenters. The molecule has 1 heterocycles. The van der Waals surface area contributed by atoms with Crippen molar-refractivity contribution in [1.82, 2.24) is 5.32 Å². The molecule has 1 atom stereocenters. The van der Waals surface area contributed by atoms with E-state index in [1.807, 2.05) is 0 Å². The molecule has 0 amide bonds. The molecule has 1 heteroatoms. The third kappa shape index (κ3) is 3.68. The van der Waals surface area contributed by atoms with Crippen molar-refractivity contribution >= 4 is 0 Å². The summed E-state index contributed by atoms with van der Waals surface area (Å²) in [6.07, 6.45) is 9.80. The molecule has 1 fully saturated rings. The molecular weight excluding hydrogens is 158 g/mol. The SMILES string of the molecule is CCCC(CCC)C1CCCCN1. The van der Waals surface area contributed by atoms with E-state index in [-0.39, 0.29) is 0 Å². The average Bonchev–Trinajstić information content (AvgIpc) is 2.19. The summed E-state index contributed by atoms with van der Waals surface area (Å²) < 4.78 is 0. The Bertz CT molecular complexity index is 110. The van der Waals surface area contributed by atoms with Gasteiger partial charge >= 0.3 is 0 Å². The quantitative estimate of drug-likeness (QED) is 0.689. The molecule has 0 aromatic heterocycles. The molecule has 0 spiro atoms. The summed E-state index contributed by atoms with van der Waals surface area (Å²) in [4.78, 5) is 0. The zero-order valence-electron chi connectivity index (χ0n) is 9.31. The van der Waals surface area contributed by atoms with Gasteiger partial charge < -0.3 is 5.32 Å². The Labute approximate surface area is 83.3 Å². The van der Waals surface area contributed by atoms with Gasteiger partial charge in [0, 0.05) is 6.04 Å². The predicted octanol–water partition coefficient (Wildman–Crippen LogP) is 3.34. The molecule has 0 aromatic rings. The minimum atomic E-state index is 0.841. The lowest BCUT2D eigenvalue weighted by molar-refractivity contribution is 0.265. The van der Waals surface area contributed by atoms with Gasteiger partial charge in [-0.15, -0.1) is 0 Å². The first-order chi connectivity index (χ1) is 6.38. The average molecular weight is 183 g/mol. The van der Waals surface area contributed by atoms with Crippen molar-refractivity contribution in [2.75, 3.05) is 6.54 Å². The Kier molecular flexibility index (Phi) is 5.45. The van der Waals surface area contributed by atoms with Crippen LogP contribution in [0, 0.1) is 5.92 Å². The summed E-state index contributed by atoms with van der Waals surface area (Å²) >= 11 is 0. The van der Waals surface area contributed by atoms with Crippen molar-refractivity contribution in [1.29, 1.82) is 0 Å². The van der Waals surface area contributed by atoms with Gasteiger partial charge in [-0.1, -0.05) is 33.1 Å². The first-order valence-corrected chi connectivity index (χ1v) is 6.11. The maximum atomic E-state index is 3.69. The molecule has 0 aromatic carbocycles. The van der Waals surface area contributed by atoms with Crippen LogP contribution < -0.4 is 5.32 Å². The highest BCUT2D eigenvalue weighted by Gasteiger charge is 2.21. The Morgan fingerprint density at radius 2 is 1.85 bits per heavy atom. The van der Waals surface area contributed by atoms with E-state index in [9.17, 15) is 0 Å². The molecule has 1 nitrogen and oxygen atoms in total. The topological polar surface area (TPSA) is 12.0 Å². The zero-order chi connectivity index (χ0) is 9.52. The van der Waals surface area contributed by atoms with Crippen molar-refractivity contribution in [3.63, 3.8) is 0 Å². The van der Waals surface area contributed by atoms with Crippen LogP contribution in [0.15, 0.2) is 0 Å². The lowest BCUT2D eigenvalue weighted by Gasteiger charge is -2.31. The highest BCUT2D eigenvalue weighted by atomic mass is 14.9. The first-order valence-electron chi connectivity index (χ1n) is 6.11. The molecule has 1 aliphatic heterocycles. The van der Waals surface area contributed by atoms with Gasteiger partial charge in [-0.05, 0) is 38.1 Å². The Morgan fingerprint density at radius 1 is 1.15 bits per heavy atom. The van der Waals surface area contributed by atoms with Crippen LogP contribution in [-0.4, -0.2) is 12.6 Å². The van der Waals surface area contributed by atoms with E-state index < -0.39 is 0 Å². The molecular formula is C12H25N. The van der Waals surface area contributed by atoms with Crippen LogP contribution in [0.25, 0.3) is 0 Å². The molecule has 1 rings (SSSR count). The first kappa shape index (κ1) is 11.0. The highest BCUT2D eigenvalue weighted by molar-refractivity contribution is 4.79. The second-order valence-corrected chi connectivity index (χ2v) is 4.39. The second-order valence-electron chi connectivity index (χ2n) is 4.39. The van der Waals surface area contributed by atoms with Crippen LogP contribution in [0.1, 0.15) is 58.8 Å². The summed E-state index contributed by atoms with van der Waals surface area (Å²) in [5.41, 5.74) is 0. The number of nitrogens with one attached hydrogen (secondary N) is 1. The van der Waals surface area contributed by atoms with E-state index in [1.54, 1.807) is 0 Å². The van der Waals surface area contributed by atoms with Crippen LogP contribution in [-0.2, 0) is 0 Å². The van der Waals surface area contributed by atoms with Crippen molar-refractivity contribution in [2.24, 2.45) is 5.92 Å². The van der Waals surface area contributed by atoms with Crippen LogP contribution >= 0.6 is 0 Å². The molecule has 0 saturated carbocycles. The highest BCUT2D eigenvalue weighted by Crippen LogP contribution is 2.23. The Balaban J connectivity index is 2.32.